The van der Waals surface area contributed by atoms with Gasteiger partial charge in [0.25, 0.3) is 11.5 Å². The number of hydrogen-bond donors (Lipinski definition) is 1. The van der Waals surface area contributed by atoms with Crippen molar-refractivity contribution < 1.29 is 18.0 Å². The molecular weight excluding hydrogens is 449 g/mol. The molecule has 0 spiro atoms. The number of pyridine rings is 1. The number of carbonyl (C=O) groups excluding carboxylic acids is 1. The quantitative estimate of drug-likeness (QED) is 0.632. The van der Waals surface area contributed by atoms with Gasteiger partial charge in [-0.15, -0.1) is 0 Å². The van der Waals surface area contributed by atoms with Gasteiger partial charge < -0.3 is 4.90 Å². The number of hydrogen-bond acceptors (Lipinski definition) is 5. The van der Waals surface area contributed by atoms with Gasteiger partial charge in [-0.2, -0.15) is 18.4 Å². The number of nitrogens with zero attached hydrogens (tertiary/aromatic N) is 5. The molecule has 0 radical (unpaired) electrons. The van der Waals surface area contributed by atoms with Crippen molar-refractivity contribution in [1.82, 2.24) is 24.6 Å². The molecule has 4 rings (SSSR count). The van der Waals surface area contributed by atoms with Gasteiger partial charge in [0.2, 0.25) is 0 Å². The highest BCUT2D eigenvalue weighted by molar-refractivity contribution is 5.94. The van der Waals surface area contributed by atoms with E-state index in [1.807, 2.05) is 6.92 Å². The fraction of sp³-hybridized carbons (Fsp3) is 0.304. The molecule has 11 heteroatoms. The largest absolute Gasteiger partial charge is 0.401 e. The molecule has 0 aliphatic carbocycles. The van der Waals surface area contributed by atoms with Crippen molar-refractivity contribution in [2.45, 2.75) is 13.1 Å². The Kier molecular flexibility index (Phi) is 6.26. The van der Waals surface area contributed by atoms with E-state index in [1.165, 1.54) is 32.8 Å². The van der Waals surface area contributed by atoms with Gasteiger partial charge in [0.15, 0.2) is 5.82 Å². The summed E-state index contributed by atoms with van der Waals surface area (Å²) in [4.78, 5) is 32.7. The average Bonchev–Trinajstić information content (AvgIpc) is 3.19. The summed E-state index contributed by atoms with van der Waals surface area (Å²) < 4.78 is 38.9. The first-order valence-electron chi connectivity index (χ1n) is 10.5. The normalized spacial score (nSPS) is 14.7. The van der Waals surface area contributed by atoms with Gasteiger partial charge in [-0.1, -0.05) is 6.07 Å². The van der Waals surface area contributed by atoms with Gasteiger partial charge in [-0.25, -0.2) is 9.67 Å². The number of halogens is 3. The first-order chi connectivity index (χ1) is 16.2. The third-order valence-corrected chi connectivity index (χ3v) is 5.70. The summed E-state index contributed by atoms with van der Waals surface area (Å²) in [5.41, 5.74) is 2.35. The van der Waals surface area contributed by atoms with Crippen LogP contribution in [-0.4, -0.2) is 69.4 Å². The topological polar surface area (TPSA) is 98.0 Å². The van der Waals surface area contributed by atoms with Gasteiger partial charge in [0, 0.05) is 38.6 Å². The van der Waals surface area contributed by atoms with E-state index in [1.54, 1.807) is 24.4 Å². The van der Waals surface area contributed by atoms with Gasteiger partial charge in [-0.3, -0.25) is 19.6 Å². The summed E-state index contributed by atoms with van der Waals surface area (Å²) in [6.45, 7) is 1.51. The second-order valence-corrected chi connectivity index (χ2v) is 8.06. The number of nitriles is 1. The van der Waals surface area contributed by atoms with Crippen molar-refractivity contribution in [3.05, 3.63) is 69.8 Å². The number of aromatic nitrogens is 3. The van der Waals surface area contributed by atoms with Crippen LogP contribution in [0.5, 0.6) is 0 Å². The van der Waals surface area contributed by atoms with Crippen molar-refractivity contribution >= 4 is 5.91 Å². The van der Waals surface area contributed by atoms with Crippen LogP contribution in [0.15, 0.2) is 47.5 Å². The Morgan fingerprint density at radius 1 is 1.15 bits per heavy atom. The number of nitrogens with one attached hydrogen (secondary N) is 1. The Morgan fingerprint density at radius 3 is 2.47 bits per heavy atom. The van der Waals surface area contributed by atoms with Crippen LogP contribution in [-0.2, 0) is 0 Å². The molecule has 1 aliphatic heterocycles. The zero-order chi connectivity index (χ0) is 24.5. The van der Waals surface area contributed by atoms with E-state index >= 15 is 0 Å². The number of benzene rings is 1. The molecule has 0 unspecified atom stereocenters. The van der Waals surface area contributed by atoms with E-state index in [9.17, 15) is 22.8 Å². The predicted octanol–water partition coefficient (Wildman–Crippen LogP) is 2.73. The lowest BCUT2D eigenvalue weighted by Crippen LogP contribution is -2.50. The van der Waals surface area contributed by atoms with Crippen molar-refractivity contribution in [2.24, 2.45) is 0 Å². The third kappa shape index (κ3) is 4.87. The molecule has 34 heavy (non-hydrogen) atoms. The van der Waals surface area contributed by atoms with Crippen molar-refractivity contribution in [2.75, 3.05) is 32.7 Å². The Balaban J connectivity index is 1.47. The number of carbonyl (C=O) groups is 1. The van der Waals surface area contributed by atoms with Crippen LogP contribution < -0.4 is 5.56 Å². The maximum Gasteiger partial charge on any atom is 0.401 e. The molecule has 1 aromatic carbocycles. The lowest BCUT2D eigenvalue weighted by molar-refractivity contribution is -0.148. The van der Waals surface area contributed by atoms with E-state index in [-0.39, 0.29) is 49.0 Å². The van der Waals surface area contributed by atoms with Crippen LogP contribution in [0, 0.1) is 18.3 Å². The van der Waals surface area contributed by atoms with Crippen LogP contribution in [0.4, 0.5) is 13.2 Å². The monoisotopic (exact) mass is 470 g/mol. The molecule has 2 aromatic heterocycles. The van der Waals surface area contributed by atoms with Crippen LogP contribution in [0.2, 0.25) is 0 Å². The molecule has 3 aromatic rings. The van der Waals surface area contributed by atoms with E-state index in [2.05, 4.69) is 16.2 Å². The maximum absolute atomic E-state index is 12.9. The average molecular weight is 470 g/mol. The van der Waals surface area contributed by atoms with Crippen LogP contribution in [0.1, 0.15) is 21.5 Å². The second kappa shape index (κ2) is 9.15. The van der Waals surface area contributed by atoms with Crippen molar-refractivity contribution in [3.63, 3.8) is 0 Å². The Hall–Kier alpha value is -3.91. The molecular formula is C23H21F3N6O2. The summed E-state index contributed by atoms with van der Waals surface area (Å²) in [7, 11) is 0. The van der Waals surface area contributed by atoms with E-state index in [4.69, 9.17) is 5.26 Å². The third-order valence-electron chi connectivity index (χ3n) is 5.70. The predicted molar refractivity (Wildman–Crippen MR) is 117 cm³/mol. The van der Waals surface area contributed by atoms with Gasteiger partial charge in [-0.05, 0) is 42.3 Å². The minimum atomic E-state index is -4.26. The molecule has 8 nitrogen and oxygen atoms in total. The van der Waals surface area contributed by atoms with Crippen LogP contribution >= 0.6 is 0 Å². The van der Waals surface area contributed by atoms with Crippen molar-refractivity contribution in [3.8, 4) is 23.0 Å². The van der Waals surface area contributed by atoms with Gasteiger partial charge in [0.05, 0.1) is 29.3 Å². The molecule has 1 aliphatic rings. The van der Waals surface area contributed by atoms with Crippen LogP contribution in [0.25, 0.3) is 16.9 Å². The minimum Gasteiger partial charge on any atom is -0.336 e. The number of rotatable bonds is 4. The molecule has 0 saturated carbocycles. The molecule has 0 bridgehead atoms. The maximum atomic E-state index is 12.9. The molecule has 1 N–H and O–H groups in total. The Labute approximate surface area is 192 Å². The molecule has 0 atom stereocenters. The molecule has 1 saturated heterocycles. The van der Waals surface area contributed by atoms with Gasteiger partial charge in [0.1, 0.15) is 0 Å². The summed E-state index contributed by atoms with van der Waals surface area (Å²) in [6.07, 6.45) is -1.36. The van der Waals surface area contributed by atoms with E-state index < -0.39 is 12.7 Å². The highest BCUT2D eigenvalue weighted by Crippen LogP contribution is 2.22. The standard InChI is InChI=1S/C23H21F3N6O2/c1-15-10-16(11-27)2-4-18(15)19-13-29-32(22(19)34)20-5-3-17(12-28-20)21(33)31-8-6-30(7-9-31)14-23(24,25)26/h2-5,10,12-13,29H,6-9,14H2,1H3. The lowest BCUT2D eigenvalue weighted by atomic mass is 10.0. The lowest BCUT2D eigenvalue weighted by Gasteiger charge is -2.35. The smallest absolute Gasteiger partial charge is 0.336 e. The summed E-state index contributed by atoms with van der Waals surface area (Å²) in [5, 5.41) is 11.9. The first-order valence-corrected chi connectivity index (χ1v) is 10.5. The van der Waals surface area contributed by atoms with E-state index in [0.29, 0.717) is 16.7 Å². The van der Waals surface area contributed by atoms with Crippen LogP contribution in [0.3, 0.4) is 0 Å². The molecule has 1 fully saturated rings. The highest BCUT2D eigenvalue weighted by atomic mass is 19.4. The number of piperazine rings is 1. The fourth-order valence-electron chi connectivity index (χ4n) is 3.96. The number of amides is 1. The Morgan fingerprint density at radius 2 is 1.88 bits per heavy atom. The summed E-state index contributed by atoms with van der Waals surface area (Å²) in [5.74, 6) is -0.0347. The van der Waals surface area contributed by atoms with E-state index in [0.717, 1.165) is 5.56 Å². The Bertz CT molecular complexity index is 1300. The zero-order valence-electron chi connectivity index (χ0n) is 18.3. The number of alkyl halides is 3. The molecule has 1 amide bonds. The summed E-state index contributed by atoms with van der Waals surface area (Å²) in [6, 6.07) is 10.2. The molecule has 176 valence electrons. The van der Waals surface area contributed by atoms with Crippen molar-refractivity contribution in [1.29, 1.82) is 5.26 Å². The first kappa shape index (κ1) is 23.3. The second-order valence-electron chi connectivity index (χ2n) is 8.06. The zero-order valence-corrected chi connectivity index (χ0v) is 18.3. The SMILES string of the molecule is Cc1cc(C#N)ccc1-c1c[nH]n(-c2ccc(C(=O)N3CCN(CC(F)(F)F)CC3)cn2)c1=O. The number of aromatic amines is 1. The number of aryl methyl sites for hydroxylation is 1. The highest BCUT2D eigenvalue weighted by Gasteiger charge is 2.33. The fourth-order valence-corrected chi connectivity index (χ4v) is 3.96. The minimum absolute atomic E-state index is 0.145. The van der Waals surface area contributed by atoms with Gasteiger partial charge >= 0.3 is 6.18 Å². The summed E-state index contributed by atoms with van der Waals surface area (Å²) >= 11 is 0. The number of H-pyrrole nitrogens is 1. The molecule has 3 heterocycles.